The number of hydrogen-bond acceptors (Lipinski definition) is 3. The Balaban J connectivity index is 3.25. The molecule has 86 valence electrons. The Bertz CT molecular complexity index is 118. The zero-order chi connectivity index (χ0) is 10.8. The number of nitrogens with two attached hydrogens (primary N) is 1. The summed E-state index contributed by atoms with van der Waals surface area (Å²) in [6, 6.07) is 0.460. The normalized spacial score (nSPS) is 13.5. The molecule has 0 aliphatic rings. The molecule has 0 aliphatic heterocycles. The summed E-state index contributed by atoms with van der Waals surface area (Å²) in [7, 11) is 0. The molecule has 0 aliphatic carbocycles. The highest BCUT2D eigenvalue weighted by Crippen LogP contribution is 1.99. The van der Waals surface area contributed by atoms with Gasteiger partial charge in [0, 0.05) is 25.8 Å². The van der Waals surface area contributed by atoms with Crippen LogP contribution in [0, 0.1) is 5.92 Å². The fraction of sp³-hybridized carbons (Fsp3) is 1.00. The lowest BCUT2D eigenvalue weighted by atomic mass is 10.0. The summed E-state index contributed by atoms with van der Waals surface area (Å²) in [5, 5.41) is 3.47. The van der Waals surface area contributed by atoms with Crippen LogP contribution in [0.1, 0.15) is 33.6 Å². The molecule has 0 amide bonds. The van der Waals surface area contributed by atoms with Gasteiger partial charge in [0.25, 0.3) is 0 Å². The van der Waals surface area contributed by atoms with Crippen molar-refractivity contribution in [3.8, 4) is 0 Å². The molecule has 3 heteroatoms. The van der Waals surface area contributed by atoms with Gasteiger partial charge in [0.1, 0.15) is 0 Å². The molecule has 0 rings (SSSR count). The van der Waals surface area contributed by atoms with Crippen LogP contribution >= 0.6 is 0 Å². The van der Waals surface area contributed by atoms with Gasteiger partial charge in [0.15, 0.2) is 0 Å². The fourth-order valence-corrected chi connectivity index (χ4v) is 1.35. The smallest absolute Gasteiger partial charge is 0.0466 e. The van der Waals surface area contributed by atoms with E-state index < -0.39 is 0 Å². The van der Waals surface area contributed by atoms with E-state index in [0.717, 1.165) is 32.7 Å². The van der Waals surface area contributed by atoms with Crippen LogP contribution in [0.3, 0.4) is 0 Å². The first-order chi connectivity index (χ1) is 6.72. The summed E-state index contributed by atoms with van der Waals surface area (Å²) in [4.78, 5) is 0. The second-order valence-electron chi connectivity index (χ2n) is 3.94. The van der Waals surface area contributed by atoms with Crippen molar-refractivity contribution in [2.45, 2.75) is 39.7 Å². The maximum Gasteiger partial charge on any atom is 0.0466 e. The van der Waals surface area contributed by atoms with E-state index >= 15 is 0 Å². The van der Waals surface area contributed by atoms with Crippen molar-refractivity contribution in [2.75, 3.05) is 26.3 Å². The summed E-state index contributed by atoms with van der Waals surface area (Å²) in [6.07, 6.45) is 2.31. The van der Waals surface area contributed by atoms with E-state index in [-0.39, 0.29) is 0 Å². The third-order valence-electron chi connectivity index (χ3n) is 2.38. The molecule has 0 bridgehead atoms. The van der Waals surface area contributed by atoms with Crippen molar-refractivity contribution >= 4 is 0 Å². The number of unbranched alkanes of at least 4 members (excludes halogenated alkanes) is 1. The van der Waals surface area contributed by atoms with Crippen LogP contribution in [0.5, 0.6) is 0 Å². The van der Waals surface area contributed by atoms with Crippen LogP contribution in [-0.2, 0) is 4.74 Å². The number of ether oxygens (including phenoxy) is 1. The van der Waals surface area contributed by atoms with Gasteiger partial charge in [-0.05, 0) is 32.2 Å². The molecule has 0 radical (unpaired) electrons. The van der Waals surface area contributed by atoms with E-state index in [4.69, 9.17) is 10.5 Å². The van der Waals surface area contributed by atoms with Crippen LogP contribution in [0.2, 0.25) is 0 Å². The lowest BCUT2D eigenvalue weighted by molar-refractivity contribution is 0.143. The highest BCUT2D eigenvalue weighted by molar-refractivity contribution is 4.70. The molecule has 3 nitrogen and oxygen atoms in total. The van der Waals surface area contributed by atoms with Gasteiger partial charge < -0.3 is 15.8 Å². The summed E-state index contributed by atoms with van der Waals surface area (Å²) in [5.41, 5.74) is 5.65. The Hall–Kier alpha value is -0.120. The second kappa shape index (κ2) is 9.44. The fourth-order valence-electron chi connectivity index (χ4n) is 1.35. The molecular weight excluding hydrogens is 176 g/mol. The zero-order valence-corrected chi connectivity index (χ0v) is 9.88. The second-order valence-corrected chi connectivity index (χ2v) is 3.94. The van der Waals surface area contributed by atoms with E-state index in [2.05, 4.69) is 19.2 Å². The molecule has 0 spiro atoms. The average Bonchev–Trinajstić information content (AvgIpc) is 2.16. The quantitative estimate of drug-likeness (QED) is 0.555. The molecule has 0 aromatic carbocycles. The highest BCUT2D eigenvalue weighted by Gasteiger charge is 2.08. The lowest BCUT2D eigenvalue weighted by Crippen LogP contribution is -2.40. The maximum atomic E-state index is 5.65. The van der Waals surface area contributed by atoms with Crippen LogP contribution in [0.4, 0.5) is 0 Å². The summed E-state index contributed by atoms with van der Waals surface area (Å²) < 4.78 is 5.26. The van der Waals surface area contributed by atoms with E-state index in [0.29, 0.717) is 12.0 Å². The lowest BCUT2D eigenvalue weighted by Gasteiger charge is -2.20. The Labute approximate surface area is 88.4 Å². The van der Waals surface area contributed by atoms with Gasteiger partial charge in [-0.25, -0.2) is 0 Å². The molecule has 0 fully saturated rings. The minimum atomic E-state index is 0.460. The minimum absolute atomic E-state index is 0.460. The van der Waals surface area contributed by atoms with Crippen molar-refractivity contribution < 1.29 is 4.74 Å². The van der Waals surface area contributed by atoms with Crippen molar-refractivity contribution in [3.05, 3.63) is 0 Å². The largest absolute Gasteiger partial charge is 0.382 e. The van der Waals surface area contributed by atoms with Crippen LogP contribution in [0.25, 0.3) is 0 Å². The Kier molecular flexibility index (Phi) is 9.35. The van der Waals surface area contributed by atoms with Gasteiger partial charge in [-0.2, -0.15) is 0 Å². The van der Waals surface area contributed by atoms with Gasteiger partial charge >= 0.3 is 0 Å². The van der Waals surface area contributed by atoms with Crippen molar-refractivity contribution in [2.24, 2.45) is 11.7 Å². The van der Waals surface area contributed by atoms with E-state index in [1.807, 2.05) is 6.92 Å². The molecule has 0 aromatic rings. The predicted octanol–water partition coefficient (Wildman–Crippen LogP) is 1.38. The molecule has 3 N–H and O–H groups in total. The number of nitrogens with one attached hydrogen (secondary N) is 1. The van der Waals surface area contributed by atoms with Gasteiger partial charge in [-0.3, -0.25) is 0 Å². The van der Waals surface area contributed by atoms with Gasteiger partial charge in [0.05, 0.1) is 0 Å². The Morgan fingerprint density at radius 2 is 2.00 bits per heavy atom. The minimum Gasteiger partial charge on any atom is -0.382 e. The molecule has 0 saturated heterocycles. The zero-order valence-electron chi connectivity index (χ0n) is 9.88. The molecular formula is C11H26N2O. The first-order valence-corrected chi connectivity index (χ1v) is 5.73. The highest BCUT2D eigenvalue weighted by atomic mass is 16.5. The van der Waals surface area contributed by atoms with Crippen molar-refractivity contribution in [3.63, 3.8) is 0 Å². The summed E-state index contributed by atoms with van der Waals surface area (Å²) >= 11 is 0. The Morgan fingerprint density at radius 3 is 2.50 bits per heavy atom. The van der Waals surface area contributed by atoms with Gasteiger partial charge in [-0.1, -0.05) is 13.8 Å². The summed E-state index contributed by atoms with van der Waals surface area (Å²) in [5.74, 6) is 0.617. The molecule has 0 aromatic heterocycles. The maximum absolute atomic E-state index is 5.65. The van der Waals surface area contributed by atoms with Crippen molar-refractivity contribution in [1.82, 2.24) is 5.32 Å². The third-order valence-corrected chi connectivity index (χ3v) is 2.38. The summed E-state index contributed by atoms with van der Waals surface area (Å²) in [6.45, 7) is 9.91. The number of hydrogen-bond donors (Lipinski definition) is 2. The predicted molar refractivity (Wildman–Crippen MR) is 61.4 cm³/mol. The molecule has 0 saturated carbocycles. The molecule has 14 heavy (non-hydrogen) atoms. The van der Waals surface area contributed by atoms with Gasteiger partial charge in [0.2, 0.25) is 0 Å². The number of rotatable bonds is 9. The molecule has 1 unspecified atom stereocenters. The van der Waals surface area contributed by atoms with Crippen LogP contribution < -0.4 is 11.1 Å². The topological polar surface area (TPSA) is 47.3 Å². The van der Waals surface area contributed by atoms with E-state index in [1.54, 1.807) is 0 Å². The van der Waals surface area contributed by atoms with Crippen LogP contribution in [0.15, 0.2) is 0 Å². The third kappa shape index (κ3) is 7.30. The standard InChI is InChI=1S/C11H26N2O/c1-4-14-8-6-5-7-13-11(9-12)10(2)3/h10-11,13H,4-9,12H2,1-3H3. The first-order valence-electron chi connectivity index (χ1n) is 5.73. The van der Waals surface area contributed by atoms with E-state index in [9.17, 15) is 0 Å². The molecule has 1 atom stereocenters. The Morgan fingerprint density at radius 1 is 1.29 bits per heavy atom. The SMILES string of the molecule is CCOCCCCNC(CN)C(C)C. The van der Waals surface area contributed by atoms with Gasteiger partial charge in [-0.15, -0.1) is 0 Å². The first kappa shape index (κ1) is 13.9. The van der Waals surface area contributed by atoms with E-state index in [1.165, 1.54) is 6.42 Å². The van der Waals surface area contributed by atoms with Crippen molar-refractivity contribution in [1.29, 1.82) is 0 Å². The monoisotopic (exact) mass is 202 g/mol. The average molecular weight is 202 g/mol. The van der Waals surface area contributed by atoms with Crippen LogP contribution in [-0.4, -0.2) is 32.3 Å². The molecule has 0 heterocycles.